The van der Waals surface area contributed by atoms with Gasteiger partial charge in [0.2, 0.25) is 0 Å². The summed E-state index contributed by atoms with van der Waals surface area (Å²) in [5.41, 5.74) is 0.400. The van der Waals surface area contributed by atoms with Gasteiger partial charge in [-0.25, -0.2) is 0 Å². The topological polar surface area (TPSA) is 45.2 Å². The number of rotatable bonds is 3. The maximum atomic E-state index is 12.1. The van der Waals surface area contributed by atoms with Crippen LogP contribution in [0.15, 0.2) is 24.4 Å². The fourth-order valence-corrected chi connectivity index (χ4v) is 2.32. The SMILES string of the molecule is CCN1CCC(C)(NC(=O)c2ccccn2)CC1. The lowest BCUT2D eigenvalue weighted by Gasteiger charge is -2.39. The Morgan fingerprint density at radius 1 is 1.44 bits per heavy atom. The van der Waals surface area contributed by atoms with Crippen molar-refractivity contribution in [2.24, 2.45) is 0 Å². The number of hydrogen-bond donors (Lipinski definition) is 1. The summed E-state index contributed by atoms with van der Waals surface area (Å²) in [7, 11) is 0. The molecule has 18 heavy (non-hydrogen) atoms. The van der Waals surface area contributed by atoms with E-state index in [0.717, 1.165) is 32.5 Å². The van der Waals surface area contributed by atoms with Gasteiger partial charge in [0.15, 0.2) is 0 Å². The summed E-state index contributed by atoms with van der Waals surface area (Å²) < 4.78 is 0. The molecule has 1 amide bonds. The highest BCUT2D eigenvalue weighted by Gasteiger charge is 2.31. The van der Waals surface area contributed by atoms with Crippen LogP contribution >= 0.6 is 0 Å². The second-order valence-electron chi connectivity index (χ2n) is 5.16. The zero-order valence-electron chi connectivity index (χ0n) is 11.1. The summed E-state index contributed by atoms with van der Waals surface area (Å²) >= 11 is 0. The van der Waals surface area contributed by atoms with E-state index in [1.54, 1.807) is 12.3 Å². The van der Waals surface area contributed by atoms with E-state index in [-0.39, 0.29) is 11.4 Å². The van der Waals surface area contributed by atoms with Crippen molar-refractivity contribution in [2.45, 2.75) is 32.2 Å². The molecule has 2 heterocycles. The van der Waals surface area contributed by atoms with E-state index in [0.29, 0.717) is 5.69 Å². The Hall–Kier alpha value is -1.42. The van der Waals surface area contributed by atoms with Crippen molar-refractivity contribution in [3.63, 3.8) is 0 Å². The highest BCUT2D eigenvalue weighted by Crippen LogP contribution is 2.21. The summed E-state index contributed by atoms with van der Waals surface area (Å²) in [4.78, 5) is 18.6. The molecule has 1 aromatic rings. The first-order chi connectivity index (χ1) is 8.63. The second-order valence-corrected chi connectivity index (χ2v) is 5.16. The van der Waals surface area contributed by atoms with Crippen LogP contribution in [0.4, 0.5) is 0 Å². The molecule has 0 aliphatic carbocycles. The number of amides is 1. The molecule has 0 bridgehead atoms. The van der Waals surface area contributed by atoms with Crippen molar-refractivity contribution in [1.82, 2.24) is 15.2 Å². The standard InChI is InChI=1S/C14H21N3O/c1-3-17-10-7-14(2,8-11-17)16-13(18)12-6-4-5-9-15-12/h4-6,9H,3,7-8,10-11H2,1-2H3,(H,16,18). The Bertz CT molecular complexity index is 397. The second kappa shape index (κ2) is 5.48. The summed E-state index contributed by atoms with van der Waals surface area (Å²) in [6.07, 6.45) is 3.65. The van der Waals surface area contributed by atoms with Gasteiger partial charge in [-0.15, -0.1) is 0 Å². The van der Waals surface area contributed by atoms with Crippen LogP contribution in [0.1, 0.15) is 37.2 Å². The van der Waals surface area contributed by atoms with Crippen LogP contribution in [0.2, 0.25) is 0 Å². The zero-order valence-corrected chi connectivity index (χ0v) is 11.1. The van der Waals surface area contributed by atoms with Crippen molar-refractivity contribution in [2.75, 3.05) is 19.6 Å². The molecule has 2 rings (SSSR count). The molecule has 0 atom stereocenters. The maximum Gasteiger partial charge on any atom is 0.270 e. The van der Waals surface area contributed by atoms with E-state index < -0.39 is 0 Å². The Morgan fingerprint density at radius 2 is 2.17 bits per heavy atom. The number of nitrogens with one attached hydrogen (secondary N) is 1. The van der Waals surface area contributed by atoms with Crippen molar-refractivity contribution >= 4 is 5.91 Å². The van der Waals surface area contributed by atoms with Crippen LogP contribution < -0.4 is 5.32 Å². The van der Waals surface area contributed by atoms with Gasteiger partial charge in [-0.3, -0.25) is 9.78 Å². The molecule has 98 valence electrons. The first-order valence-corrected chi connectivity index (χ1v) is 6.59. The van der Waals surface area contributed by atoms with Gasteiger partial charge in [0, 0.05) is 24.8 Å². The van der Waals surface area contributed by atoms with E-state index in [4.69, 9.17) is 0 Å². The van der Waals surface area contributed by atoms with Gasteiger partial charge in [-0.2, -0.15) is 0 Å². The average Bonchev–Trinajstić information content (AvgIpc) is 2.40. The third-order valence-corrected chi connectivity index (χ3v) is 3.72. The molecule has 0 aromatic carbocycles. The van der Waals surface area contributed by atoms with Gasteiger partial charge in [0.25, 0.3) is 5.91 Å². The quantitative estimate of drug-likeness (QED) is 0.884. The van der Waals surface area contributed by atoms with Crippen LogP contribution in [0.25, 0.3) is 0 Å². The number of carbonyl (C=O) groups excluding carboxylic acids is 1. The van der Waals surface area contributed by atoms with Crippen LogP contribution in [0.5, 0.6) is 0 Å². The monoisotopic (exact) mass is 247 g/mol. The van der Waals surface area contributed by atoms with Crippen molar-refractivity contribution in [3.05, 3.63) is 30.1 Å². The smallest absolute Gasteiger partial charge is 0.270 e. The van der Waals surface area contributed by atoms with Crippen LogP contribution in [-0.2, 0) is 0 Å². The summed E-state index contributed by atoms with van der Waals surface area (Å²) in [6.45, 7) is 7.49. The van der Waals surface area contributed by atoms with Gasteiger partial charge in [-0.05, 0) is 38.4 Å². The number of pyridine rings is 1. The van der Waals surface area contributed by atoms with E-state index in [1.807, 2.05) is 12.1 Å². The average molecular weight is 247 g/mol. The van der Waals surface area contributed by atoms with Gasteiger partial charge in [0.1, 0.15) is 5.69 Å². The minimum Gasteiger partial charge on any atom is -0.345 e. The molecular formula is C14H21N3O. The molecule has 0 spiro atoms. The fourth-order valence-electron chi connectivity index (χ4n) is 2.32. The highest BCUT2D eigenvalue weighted by atomic mass is 16.2. The molecule has 0 radical (unpaired) electrons. The number of likely N-dealkylation sites (tertiary alicyclic amines) is 1. The van der Waals surface area contributed by atoms with Crippen LogP contribution in [0.3, 0.4) is 0 Å². The van der Waals surface area contributed by atoms with Crippen molar-refractivity contribution < 1.29 is 4.79 Å². The minimum atomic E-state index is -0.0969. The van der Waals surface area contributed by atoms with Crippen molar-refractivity contribution in [1.29, 1.82) is 0 Å². The van der Waals surface area contributed by atoms with Crippen molar-refractivity contribution in [3.8, 4) is 0 Å². The molecule has 0 unspecified atom stereocenters. The van der Waals surface area contributed by atoms with Crippen LogP contribution in [-0.4, -0.2) is 41.0 Å². The number of hydrogen-bond acceptors (Lipinski definition) is 3. The lowest BCUT2D eigenvalue weighted by Crippen LogP contribution is -2.53. The van der Waals surface area contributed by atoms with Crippen LogP contribution in [0, 0.1) is 0 Å². The molecule has 4 heteroatoms. The van der Waals surface area contributed by atoms with E-state index in [1.165, 1.54) is 0 Å². The molecule has 1 aliphatic rings. The van der Waals surface area contributed by atoms with E-state index in [9.17, 15) is 4.79 Å². The summed E-state index contributed by atoms with van der Waals surface area (Å²) in [6, 6.07) is 5.40. The van der Waals surface area contributed by atoms with E-state index in [2.05, 4.69) is 29.0 Å². The summed E-state index contributed by atoms with van der Waals surface area (Å²) in [5, 5.41) is 3.13. The van der Waals surface area contributed by atoms with Gasteiger partial charge < -0.3 is 10.2 Å². The molecule has 1 N–H and O–H groups in total. The Labute approximate surface area is 108 Å². The molecule has 4 nitrogen and oxygen atoms in total. The molecule has 0 saturated carbocycles. The molecular weight excluding hydrogens is 226 g/mol. The molecule has 1 saturated heterocycles. The third kappa shape index (κ3) is 3.07. The highest BCUT2D eigenvalue weighted by molar-refractivity contribution is 5.92. The number of aromatic nitrogens is 1. The number of nitrogens with zero attached hydrogens (tertiary/aromatic N) is 2. The minimum absolute atomic E-state index is 0.0666. The third-order valence-electron chi connectivity index (χ3n) is 3.72. The van der Waals surface area contributed by atoms with Gasteiger partial charge in [-0.1, -0.05) is 13.0 Å². The van der Waals surface area contributed by atoms with Gasteiger partial charge >= 0.3 is 0 Å². The predicted octanol–water partition coefficient (Wildman–Crippen LogP) is 1.69. The molecule has 1 fully saturated rings. The molecule has 1 aromatic heterocycles. The normalized spacial score (nSPS) is 19.4. The Morgan fingerprint density at radius 3 is 2.72 bits per heavy atom. The van der Waals surface area contributed by atoms with E-state index >= 15 is 0 Å². The Balaban J connectivity index is 1.95. The summed E-state index contributed by atoms with van der Waals surface area (Å²) in [5.74, 6) is -0.0666. The first-order valence-electron chi connectivity index (χ1n) is 6.59. The lowest BCUT2D eigenvalue weighted by molar-refractivity contribution is 0.0834. The predicted molar refractivity (Wildman–Crippen MR) is 71.5 cm³/mol. The zero-order chi connectivity index (χ0) is 13.0. The van der Waals surface area contributed by atoms with Gasteiger partial charge in [0.05, 0.1) is 0 Å². The maximum absolute atomic E-state index is 12.1. The lowest BCUT2D eigenvalue weighted by atomic mass is 9.89. The fraction of sp³-hybridized carbons (Fsp3) is 0.571. The first kappa shape index (κ1) is 13.0. The molecule has 1 aliphatic heterocycles. The number of piperidine rings is 1. The number of carbonyl (C=O) groups is 1. The largest absolute Gasteiger partial charge is 0.345 e. The Kier molecular flexibility index (Phi) is 3.97.